The molecule has 0 aliphatic rings. The van der Waals surface area contributed by atoms with E-state index in [4.69, 9.17) is 0 Å². The molecule has 0 heterocycles. The summed E-state index contributed by atoms with van der Waals surface area (Å²) in [4.78, 5) is 0.950. The quantitative estimate of drug-likeness (QED) is 0.694. The molecule has 0 radical (unpaired) electrons. The zero-order chi connectivity index (χ0) is 10.3. The van der Waals surface area contributed by atoms with Gasteiger partial charge in [-0.2, -0.15) is 0 Å². The average molecular weight is 193 g/mol. The fourth-order valence-corrected chi connectivity index (χ4v) is 1.14. The molecule has 0 unspecified atom stereocenters. The lowest BCUT2D eigenvalue weighted by Gasteiger charge is -2.00. The maximum Gasteiger partial charge on any atom is 0.00463 e. The van der Waals surface area contributed by atoms with Gasteiger partial charge in [0.15, 0.2) is 0 Å². The van der Waals surface area contributed by atoms with Crippen LogP contribution in [0.5, 0.6) is 0 Å². The maximum absolute atomic E-state index is 4.50. The Morgan fingerprint density at radius 2 is 1.69 bits per heavy atom. The molecule has 0 saturated heterocycles. The Kier molecular flexibility index (Phi) is 6.02. The van der Waals surface area contributed by atoms with Crippen molar-refractivity contribution < 1.29 is 0 Å². The first-order valence-corrected chi connectivity index (χ1v) is 4.38. The summed E-state index contributed by atoms with van der Waals surface area (Å²) in [6.07, 6.45) is 3.61. The number of rotatable bonds is 2. The minimum atomic E-state index is 0.950. The number of thiol groups is 1. The highest BCUT2D eigenvalue weighted by Gasteiger charge is 1.93. The summed E-state index contributed by atoms with van der Waals surface area (Å²) in [6.45, 7) is 7.40. The van der Waals surface area contributed by atoms with Gasteiger partial charge in [0.2, 0.25) is 0 Å². The minimum absolute atomic E-state index is 0.950. The van der Waals surface area contributed by atoms with Crippen molar-refractivity contribution in [3.63, 3.8) is 0 Å². The van der Waals surface area contributed by atoms with E-state index in [-0.39, 0.29) is 0 Å². The highest BCUT2D eigenvalue weighted by molar-refractivity contribution is 7.80. The Morgan fingerprint density at radius 3 is 2.15 bits per heavy atom. The lowest BCUT2D eigenvalue weighted by atomic mass is 10.1. The first-order valence-electron chi connectivity index (χ1n) is 3.93. The molecule has 13 heavy (non-hydrogen) atoms. The number of hydrogen-bond donors (Lipinski definition) is 2. The van der Waals surface area contributed by atoms with Gasteiger partial charge in [-0.1, -0.05) is 31.4 Å². The Hall–Kier alpha value is -0.990. The van der Waals surface area contributed by atoms with Gasteiger partial charge in [-0.15, -0.1) is 12.6 Å². The topological polar surface area (TPSA) is 26.0 Å². The smallest absolute Gasteiger partial charge is 0.00463 e. The normalized spacial score (nSPS) is 8.23. The predicted molar refractivity (Wildman–Crippen MR) is 64.0 cm³/mol. The van der Waals surface area contributed by atoms with Crippen LogP contribution in [0.4, 0.5) is 0 Å². The molecule has 2 heteroatoms. The van der Waals surface area contributed by atoms with Crippen molar-refractivity contribution in [2.24, 2.45) is 5.73 Å². The fraction of sp³-hybridized carbons (Fsp3) is 0.0909. The molecule has 1 aromatic rings. The third kappa shape index (κ3) is 3.49. The van der Waals surface area contributed by atoms with Gasteiger partial charge in [-0.25, -0.2) is 0 Å². The molecule has 0 saturated carbocycles. The molecule has 2 N–H and O–H groups in total. The second-order valence-corrected chi connectivity index (χ2v) is 2.74. The van der Waals surface area contributed by atoms with Crippen LogP contribution in [0, 0.1) is 0 Å². The summed E-state index contributed by atoms with van der Waals surface area (Å²) in [5.74, 6) is 0. The molecule has 0 amide bonds. The molecule has 0 atom stereocenters. The molecular weight excluding hydrogens is 178 g/mol. The van der Waals surface area contributed by atoms with E-state index in [0.29, 0.717) is 0 Å². The largest absolute Gasteiger partial charge is 0.333 e. The van der Waals surface area contributed by atoms with E-state index >= 15 is 0 Å². The summed E-state index contributed by atoms with van der Waals surface area (Å²) in [7, 11) is 1.50. The SMILES string of the molecule is C=Cc1ccc(S)cc1C=C.CN. The van der Waals surface area contributed by atoms with Crippen molar-refractivity contribution in [2.45, 2.75) is 4.90 Å². The van der Waals surface area contributed by atoms with Crippen molar-refractivity contribution >= 4 is 24.8 Å². The van der Waals surface area contributed by atoms with E-state index in [0.717, 1.165) is 16.0 Å². The molecule has 0 aromatic heterocycles. The molecule has 70 valence electrons. The predicted octanol–water partition coefficient (Wildman–Crippen LogP) is 2.84. The lowest BCUT2D eigenvalue weighted by Crippen LogP contribution is -1.78. The zero-order valence-corrected chi connectivity index (χ0v) is 8.72. The van der Waals surface area contributed by atoms with E-state index in [9.17, 15) is 0 Å². The first kappa shape index (κ1) is 12.0. The first-order chi connectivity index (χ1) is 6.27. The lowest BCUT2D eigenvalue weighted by molar-refractivity contribution is 1.44. The molecule has 0 spiro atoms. The van der Waals surface area contributed by atoms with E-state index in [1.54, 1.807) is 6.08 Å². The molecule has 0 aliphatic carbocycles. The standard InChI is InChI=1S/C10H10S.CH5N/c1-3-8-5-6-10(11)7-9(8)4-2;1-2/h3-7,11H,1-2H2;2H2,1H3. The molecule has 1 rings (SSSR count). The van der Waals surface area contributed by atoms with Crippen LogP contribution in [-0.4, -0.2) is 7.05 Å². The number of nitrogens with two attached hydrogens (primary N) is 1. The van der Waals surface area contributed by atoms with Gasteiger partial charge >= 0.3 is 0 Å². The molecular formula is C11H15NS. The molecule has 1 nitrogen and oxygen atoms in total. The molecule has 1 aromatic carbocycles. The van der Waals surface area contributed by atoms with E-state index in [1.807, 2.05) is 24.3 Å². The second kappa shape index (κ2) is 6.52. The maximum atomic E-state index is 4.50. The number of hydrogen-bond acceptors (Lipinski definition) is 2. The molecule has 0 aliphatic heterocycles. The summed E-state index contributed by atoms with van der Waals surface area (Å²) < 4.78 is 0. The Labute approximate surface area is 85.4 Å². The van der Waals surface area contributed by atoms with Gasteiger partial charge < -0.3 is 5.73 Å². The van der Waals surface area contributed by atoms with Gasteiger partial charge in [0.05, 0.1) is 0 Å². The van der Waals surface area contributed by atoms with Crippen molar-refractivity contribution in [1.29, 1.82) is 0 Å². The highest BCUT2D eigenvalue weighted by atomic mass is 32.1. The molecule has 0 bridgehead atoms. The van der Waals surface area contributed by atoms with Crippen LogP contribution in [0.2, 0.25) is 0 Å². The summed E-state index contributed by atoms with van der Waals surface area (Å²) in [5, 5.41) is 0. The fourth-order valence-electron chi connectivity index (χ4n) is 0.925. The minimum Gasteiger partial charge on any atom is -0.333 e. The van der Waals surface area contributed by atoms with E-state index in [2.05, 4.69) is 31.5 Å². The van der Waals surface area contributed by atoms with Gasteiger partial charge in [0.1, 0.15) is 0 Å². The average Bonchev–Trinajstić information content (AvgIpc) is 2.20. The Bertz CT molecular complexity index is 292. The highest BCUT2D eigenvalue weighted by Crippen LogP contribution is 2.16. The third-order valence-corrected chi connectivity index (χ3v) is 1.79. The van der Waals surface area contributed by atoms with Crippen LogP contribution in [0.15, 0.2) is 36.3 Å². The van der Waals surface area contributed by atoms with Gasteiger partial charge in [-0.05, 0) is 30.3 Å². The summed E-state index contributed by atoms with van der Waals surface area (Å²) >= 11 is 4.21. The van der Waals surface area contributed by atoms with Crippen LogP contribution in [0.25, 0.3) is 12.2 Å². The van der Waals surface area contributed by atoms with E-state index in [1.165, 1.54) is 7.05 Å². The second-order valence-electron chi connectivity index (χ2n) is 2.22. The Morgan fingerprint density at radius 1 is 1.15 bits per heavy atom. The van der Waals surface area contributed by atoms with Gasteiger partial charge in [0, 0.05) is 4.90 Å². The summed E-state index contributed by atoms with van der Waals surface area (Å²) in [6, 6.07) is 5.88. The van der Waals surface area contributed by atoms with Crippen LogP contribution in [0.3, 0.4) is 0 Å². The van der Waals surface area contributed by atoms with E-state index < -0.39 is 0 Å². The van der Waals surface area contributed by atoms with Crippen molar-refractivity contribution in [2.75, 3.05) is 7.05 Å². The zero-order valence-electron chi connectivity index (χ0n) is 7.83. The molecule has 0 fully saturated rings. The van der Waals surface area contributed by atoms with Crippen LogP contribution in [-0.2, 0) is 0 Å². The summed E-state index contributed by atoms with van der Waals surface area (Å²) in [5.41, 5.74) is 6.67. The van der Waals surface area contributed by atoms with Crippen molar-refractivity contribution in [3.05, 3.63) is 42.5 Å². The van der Waals surface area contributed by atoms with Crippen LogP contribution in [0.1, 0.15) is 11.1 Å². The third-order valence-electron chi connectivity index (χ3n) is 1.51. The van der Waals surface area contributed by atoms with Crippen molar-refractivity contribution in [1.82, 2.24) is 0 Å². The monoisotopic (exact) mass is 193 g/mol. The van der Waals surface area contributed by atoms with Crippen LogP contribution >= 0.6 is 12.6 Å². The van der Waals surface area contributed by atoms with Crippen molar-refractivity contribution in [3.8, 4) is 0 Å². The number of benzene rings is 1. The van der Waals surface area contributed by atoms with Gasteiger partial charge in [-0.3, -0.25) is 0 Å². The van der Waals surface area contributed by atoms with Crippen LogP contribution < -0.4 is 5.73 Å². The van der Waals surface area contributed by atoms with Gasteiger partial charge in [0.25, 0.3) is 0 Å². The Balaban J connectivity index is 0.000000671.